The third kappa shape index (κ3) is 5.18. The lowest BCUT2D eigenvalue weighted by atomic mass is 10.2. The van der Waals surface area contributed by atoms with Crippen molar-refractivity contribution in [1.82, 2.24) is 5.43 Å². The Morgan fingerprint density at radius 1 is 1.25 bits per heavy atom. The van der Waals surface area contributed by atoms with Crippen LogP contribution in [0.4, 0.5) is 0 Å². The normalized spacial score (nSPS) is 10.6. The molecule has 0 aliphatic rings. The number of rotatable bonds is 5. The van der Waals surface area contributed by atoms with Gasteiger partial charge in [-0.15, -0.1) is 0 Å². The van der Waals surface area contributed by atoms with E-state index >= 15 is 0 Å². The number of benzene rings is 2. The van der Waals surface area contributed by atoms with E-state index in [0.29, 0.717) is 21.9 Å². The molecule has 0 heterocycles. The van der Waals surface area contributed by atoms with Gasteiger partial charge in [-0.25, -0.2) is 5.43 Å². The molecule has 0 atom stereocenters. The average Bonchev–Trinajstić information content (AvgIpc) is 2.57. The SMILES string of the molecule is CCC(=O)Oc1ccc(Br)cc1/C=N\NC(=O)c1ccc(Cl)cc1. The zero-order valence-corrected chi connectivity index (χ0v) is 15.1. The number of carbonyl (C=O) groups is 2. The van der Waals surface area contributed by atoms with Gasteiger partial charge in [0.15, 0.2) is 0 Å². The van der Waals surface area contributed by atoms with Crippen LogP contribution in [-0.4, -0.2) is 18.1 Å². The largest absolute Gasteiger partial charge is 0.426 e. The van der Waals surface area contributed by atoms with Crippen molar-refractivity contribution in [3.05, 3.63) is 63.1 Å². The molecular formula is C17H14BrClN2O3. The lowest BCUT2D eigenvalue weighted by Gasteiger charge is -2.07. The lowest BCUT2D eigenvalue weighted by molar-refractivity contribution is -0.134. The van der Waals surface area contributed by atoms with E-state index in [1.807, 2.05) is 0 Å². The van der Waals surface area contributed by atoms with Gasteiger partial charge in [-0.3, -0.25) is 9.59 Å². The molecule has 0 aliphatic carbocycles. The summed E-state index contributed by atoms with van der Waals surface area (Å²) in [4.78, 5) is 23.4. The fourth-order valence-electron chi connectivity index (χ4n) is 1.73. The van der Waals surface area contributed by atoms with E-state index in [4.69, 9.17) is 16.3 Å². The summed E-state index contributed by atoms with van der Waals surface area (Å²) in [6.45, 7) is 1.71. The van der Waals surface area contributed by atoms with Crippen LogP contribution >= 0.6 is 27.5 Å². The predicted molar refractivity (Wildman–Crippen MR) is 96.6 cm³/mol. The molecular weight excluding hydrogens is 396 g/mol. The highest BCUT2D eigenvalue weighted by molar-refractivity contribution is 9.10. The second-order valence-electron chi connectivity index (χ2n) is 4.72. The summed E-state index contributed by atoms with van der Waals surface area (Å²) >= 11 is 9.12. The number of esters is 1. The van der Waals surface area contributed by atoms with Crippen LogP contribution in [0.25, 0.3) is 0 Å². The highest BCUT2D eigenvalue weighted by Crippen LogP contribution is 2.22. The van der Waals surface area contributed by atoms with Crippen LogP contribution in [0, 0.1) is 0 Å². The summed E-state index contributed by atoms with van der Waals surface area (Å²) in [7, 11) is 0. The maximum atomic E-state index is 12.0. The lowest BCUT2D eigenvalue weighted by Crippen LogP contribution is -2.17. The molecule has 0 radical (unpaired) electrons. The number of carbonyl (C=O) groups excluding carboxylic acids is 2. The van der Waals surface area contributed by atoms with E-state index in [9.17, 15) is 9.59 Å². The summed E-state index contributed by atoms with van der Waals surface area (Å²) < 4.78 is 6.02. The molecule has 0 spiro atoms. The minimum Gasteiger partial charge on any atom is -0.426 e. The maximum Gasteiger partial charge on any atom is 0.310 e. The third-order valence-electron chi connectivity index (χ3n) is 2.96. The topological polar surface area (TPSA) is 67.8 Å². The van der Waals surface area contributed by atoms with Gasteiger partial charge in [-0.2, -0.15) is 5.10 Å². The van der Waals surface area contributed by atoms with Gasteiger partial charge in [0.05, 0.1) is 6.21 Å². The van der Waals surface area contributed by atoms with Crippen molar-refractivity contribution in [2.45, 2.75) is 13.3 Å². The maximum absolute atomic E-state index is 12.0. The number of halogens is 2. The number of hydrogen-bond donors (Lipinski definition) is 1. The van der Waals surface area contributed by atoms with E-state index < -0.39 is 0 Å². The summed E-state index contributed by atoms with van der Waals surface area (Å²) in [6, 6.07) is 11.6. The Morgan fingerprint density at radius 2 is 1.96 bits per heavy atom. The first-order chi connectivity index (χ1) is 11.5. The first kappa shape index (κ1) is 18.2. The van der Waals surface area contributed by atoms with E-state index in [2.05, 4.69) is 26.5 Å². The fourth-order valence-corrected chi connectivity index (χ4v) is 2.24. The zero-order valence-electron chi connectivity index (χ0n) is 12.8. The molecule has 2 aromatic rings. The second kappa shape index (κ2) is 8.61. The Hall–Kier alpha value is -2.18. The molecule has 5 nitrogen and oxygen atoms in total. The Labute approximate surface area is 152 Å². The van der Waals surface area contributed by atoms with Crippen molar-refractivity contribution in [3.63, 3.8) is 0 Å². The van der Waals surface area contributed by atoms with Crippen LogP contribution in [-0.2, 0) is 4.79 Å². The molecule has 2 rings (SSSR count). The van der Waals surface area contributed by atoms with Crippen molar-refractivity contribution in [1.29, 1.82) is 0 Å². The highest BCUT2D eigenvalue weighted by Gasteiger charge is 2.08. The molecule has 0 saturated heterocycles. The zero-order chi connectivity index (χ0) is 17.5. The van der Waals surface area contributed by atoms with E-state index in [1.54, 1.807) is 49.4 Å². The predicted octanol–water partition coefficient (Wildman–Crippen LogP) is 4.18. The van der Waals surface area contributed by atoms with Gasteiger partial charge in [0.2, 0.25) is 0 Å². The van der Waals surface area contributed by atoms with Gasteiger partial charge >= 0.3 is 5.97 Å². The Morgan fingerprint density at radius 3 is 2.62 bits per heavy atom. The van der Waals surface area contributed by atoms with E-state index in [1.165, 1.54) is 6.21 Å². The van der Waals surface area contributed by atoms with Gasteiger partial charge in [0, 0.05) is 27.0 Å². The van der Waals surface area contributed by atoms with E-state index in [0.717, 1.165) is 4.47 Å². The molecule has 0 saturated carbocycles. The summed E-state index contributed by atoms with van der Waals surface area (Å²) in [5.41, 5.74) is 3.40. The Balaban J connectivity index is 2.10. The van der Waals surface area contributed by atoms with Crippen molar-refractivity contribution in [3.8, 4) is 5.75 Å². The Bertz CT molecular complexity index is 776. The molecule has 0 aliphatic heterocycles. The molecule has 0 unspecified atom stereocenters. The monoisotopic (exact) mass is 408 g/mol. The molecule has 1 N–H and O–H groups in total. The van der Waals surface area contributed by atoms with Gasteiger partial charge < -0.3 is 4.74 Å². The quantitative estimate of drug-likeness (QED) is 0.349. The van der Waals surface area contributed by atoms with Crippen molar-refractivity contribution in [2.75, 3.05) is 0 Å². The van der Waals surface area contributed by atoms with Crippen LogP contribution < -0.4 is 10.2 Å². The summed E-state index contributed by atoms with van der Waals surface area (Å²) in [5, 5.41) is 4.45. The number of hydrogen-bond acceptors (Lipinski definition) is 4. The number of hydrazone groups is 1. The molecule has 1 amide bonds. The smallest absolute Gasteiger partial charge is 0.310 e. The molecule has 0 bridgehead atoms. The highest BCUT2D eigenvalue weighted by atomic mass is 79.9. The van der Waals surface area contributed by atoms with Crippen LogP contribution in [0.15, 0.2) is 52.0 Å². The number of nitrogens with one attached hydrogen (secondary N) is 1. The molecule has 2 aromatic carbocycles. The standard InChI is InChI=1S/C17H14BrClN2O3/c1-2-16(22)24-15-8-5-13(18)9-12(15)10-20-21-17(23)11-3-6-14(19)7-4-11/h3-10H,2H2,1H3,(H,21,23)/b20-10-. The molecule has 0 aromatic heterocycles. The molecule has 7 heteroatoms. The van der Waals surface area contributed by atoms with Crippen LogP contribution in [0.5, 0.6) is 5.75 Å². The minimum absolute atomic E-state index is 0.264. The average molecular weight is 410 g/mol. The van der Waals surface area contributed by atoms with Gasteiger partial charge in [0.1, 0.15) is 5.75 Å². The number of amides is 1. The first-order valence-corrected chi connectivity index (χ1v) is 8.26. The van der Waals surface area contributed by atoms with Crippen molar-refractivity contribution < 1.29 is 14.3 Å². The van der Waals surface area contributed by atoms with Gasteiger partial charge in [-0.1, -0.05) is 34.5 Å². The van der Waals surface area contributed by atoms with E-state index in [-0.39, 0.29) is 18.3 Å². The van der Waals surface area contributed by atoms with Gasteiger partial charge in [0.25, 0.3) is 5.91 Å². The number of ether oxygens (including phenoxy) is 1. The van der Waals surface area contributed by atoms with Crippen LogP contribution in [0.3, 0.4) is 0 Å². The number of nitrogens with zero attached hydrogens (tertiary/aromatic N) is 1. The van der Waals surface area contributed by atoms with Gasteiger partial charge in [-0.05, 0) is 42.5 Å². The fraction of sp³-hybridized carbons (Fsp3) is 0.118. The summed E-state index contributed by atoms with van der Waals surface area (Å²) in [6.07, 6.45) is 1.68. The first-order valence-electron chi connectivity index (χ1n) is 7.09. The van der Waals surface area contributed by atoms with Crippen molar-refractivity contribution in [2.24, 2.45) is 5.10 Å². The summed E-state index contributed by atoms with van der Waals surface area (Å²) in [5.74, 6) is -0.350. The Kier molecular flexibility index (Phi) is 6.52. The second-order valence-corrected chi connectivity index (χ2v) is 6.07. The molecule has 124 valence electrons. The molecule has 0 fully saturated rings. The van der Waals surface area contributed by atoms with Crippen LogP contribution in [0.1, 0.15) is 29.3 Å². The van der Waals surface area contributed by atoms with Crippen LogP contribution in [0.2, 0.25) is 5.02 Å². The molecule has 24 heavy (non-hydrogen) atoms. The third-order valence-corrected chi connectivity index (χ3v) is 3.71. The minimum atomic E-state index is -0.370. The van der Waals surface area contributed by atoms with Crippen molar-refractivity contribution >= 4 is 45.6 Å².